The van der Waals surface area contributed by atoms with E-state index in [1.807, 2.05) is 24.3 Å². The minimum absolute atomic E-state index is 0.116. The SMILES string of the molecule is CCC(CC)CNC(=O)CCc1ccccc1N. The summed E-state index contributed by atoms with van der Waals surface area (Å²) in [6, 6.07) is 7.71. The van der Waals surface area contributed by atoms with Gasteiger partial charge in [-0.25, -0.2) is 0 Å². The van der Waals surface area contributed by atoms with Gasteiger partial charge in [-0.15, -0.1) is 0 Å². The number of rotatable bonds is 7. The second-order valence-electron chi connectivity index (χ2n) is 4.69. The van der Waals surface area contributed by atoms with Crippen molar-refractivity contribution in [1.82, 2.24) is 5.32 Å². The fraction of sp³-hybridized carbons (Fsp3) is 0.533. The summed E-state index contributed by atoms with van der Waals surface area (Å²) in [5.74, 6) is 0.709. The molecule has 3 N–H and O–H groups in total. The molecule has 1 amide bonds. The van der Waals surface area contributed by atoms with Crippen LogP contribution in [0.1, 0.15) is 38.7 Å². The van der Waals surface area contributed by atoms with Crippen molar-refractivity contribution in [3.63, 3.8) is 0 Å². The van der Waals surface area contributed by atoms with Crippen LogP contribution in [0.4, 0.5) is 5.69 Å². The fourth-order valence-corrected chi connectivity index (χ4v) is 1.93. The van der Waals surface area contributed by atoms with Gasteiger partial charge in [0, 0.05) is 18.7 Å². The van der Waals surface area contributed by atoms with Gasteiger partial charge in [-0.2, -0.15) is 0 Å². The van der Waals surface area contributed by atoms with Crippen molar-refractivity contribution >= 4 is 11.6 Å². The van der Waals surface area contributed by atoms with Crippen LogP contribution in [0.5, 0.6) is 0 Å². The highest BCUT2D eigenvalue weighted by Crippen LogP contribution is 2.12. The fourth-order valence-electron chi connectivity index (χ4n) is 1.93. The van der Waals surface area contributed by atoms with E-state index in [1.54, 1.807) is 0 Å². The number of nitrogens with one attached hydrogen (secondary N) is 1. The number of nitrogens with two attached hydrogens (primary N) is 1. The topological polar surface area (TPSA) is 55.1 Å². The lowest BCUT2D eigenvalue weighted by Gasteiger charge is -2.13. The molecule has 1 rings (SSSR count). The van der Waals surface area contributed by atoms with E-state index >= 15 is 0 Å². The number of carbonyl (C=O) groups excluding carboxylic acids is 1. The quantitative estimate of drug-likeness (QED) is 0.729. The van der Waals surface area contributed by atoms with E-state index in [-0.39, 0.29) is 5.91 Å². The van der Waals surface area contributed by atoms with Crippen molar-refractivity contribution in [2.75, 3.05) is 12.3 Å². The molecular weight excluding hydrogens is 224 g/mol. The maximum atomic E-state index is 11.7. The molecule has 0 fully saturated rings. The number of nitrogen functional groups attached to an aromatic ring is 1. The maximum Gasteiger partial charge on any atom is 0.220 e. The lowest BCUT2D eigenvalue weighted by molar-refractivity contribution is -0.121. The predicted octanol–water partition coefficient (Wildman–Crippen LogP) is 2.75. The number of hydrogen-bond acceptors (Lipinski definition) is 2. The average Bonchev–Trinajstić information content (AvgIpc) is 2.39. The van der Waals surface area contributed by atoms with Gasteiger partial charge in [-0.1, -0.05) is 44.9 Å². The van der Waals surface area contributed by atoms with E-state index in [0.717, 1.165) is 30.6 Å². The van der Waals surface area contributed by atoms with Gasteiger partial charge in [0.15, 0.2) is 0 Å². The molecule has 3 nitrogen and oxygen atoms in total. The normalized spacial score (nSPS) is 10.6. The molecule has 1 aromatic rings. The second kappa shape index (κ2) is 7.75. The first-order valence-corrected chi connectivity index (χ1v) is 6.77. The van der Waals surface area contributed by atoms with Crippen LogP contribution in [-0.2, 0) is 11.2 Å². The van der Waals surface area contributed by atoms with Crippen molar-refractivity contribution in [2.24, 2.45) is 5.92 Å². The molecule has 0 aliphatic heterocycles. The zero-order valence-corrected chi connectivity index (χ0v) is 11.4. The molecule has 0 atom stereocenters. The van der Waals surface area contributed by atoms with E-state index in [4.69, 9.17) is 5.73 Å². The van der Waals surface area contributed by atoms with E-state index in [0.29, 0.717) is 18.8 Å². The lowest BCUT2D eigenvalue weighted by atomic mass is 10.0. The Bertz CT molecular complexity index is 373. The molecule has 0 aromatic heterocycles. The monoisotopic (exact) mass is 248 g/mol. The van der Waals surface area contributed by atoms with E-state index in [9.17, 15) is 4.79 Å². The highest BCUT2D eigenvalue weighted by Gasteiger charge is 2.07. The Labute approximate surface area is 110 Å². The summed E-state index contributed by atoms with van der Waals surface area (Å²) in [4.78, 5) is 11.7. The summed E-state index contributed by atoms with van der Waals surface area (Å²) in [5, 5.41) is 2.99. The minimum Gasteiger partial charge on any atom is -0.399 e. The molecule has 100 valence electrons. The third-order valence-electron chi connectivity index (χ3n) is 3.42. The van der Waals surface area contributed by atoms with Gasteiger partial charge in [0.1, 0.15) is 0 Å². The third kappa shape index (κ3) is 4.78. The molecular formula is C15H24N2O. The molecule has 0 unspecified atom stereocenters. The van der Waals surface area contributed by atoms with Crippen LogP contribution >= 0.6 is 0 Å². The zero-order valence-electron chi connectivity index (χ0n) is 11.4. The Morgan fingerprint density at radius 2 is 1.94 bits per heavy atom. The Hall–Kier alpha value is -1.51. The molecule has 0 aliphatic rings. The average molecular weight is 248 g/mol. The van der Waals surface area contributed by atoms with Crippen molar-refractivity contribution < 1.29 is 4.79 Å². The number of anilines is 1. The summed E-state index contributed by atoms with van der Waals surface area (Å²) in [5.41, 5.74) is 7.66. The number of amides is 1. The number of benzene rings is 1. The van der Waals surface area contributed by atoms with E-state index < -0.39 is 0 Å². The smallest absolute Gasteiger partial charge is 0.220 e. The summed E-state index contributed by atoms with van der Waals surface area (Å²) in [7, 11) is 0. The van der Waals surface area contributed by atoms with Gasteiger partial charge < -0.3 is 11.1 Å². The van der Waals surface area contributed by atoms with Crippen LogP contribution in [0.3, 0.4) is 0 Å². The Kier molecular flexibility index (Phi) is 6.26. The van der Waals surface area contributed by atoms with Crippen LogP contribution in [0, 0.1) is 5.92 Å². The first kappa shape index (κ1) is 14.6. The summed E-state index contributed by atoms with van der Waals surface area (Å²) in [6.07, 6.45) is 3.45. The Balaban J connectivity index is 2.31. The molecule has 0 saturated carbocycles. The molecule has 0 aliphatic carbocycles. The summed E-state index contributed by atoms with van der Waals surface area (Å²) in [6.45, 7) is 5.10. The Morgan fingerprint density at radius 1 is 1.28 bits per heavy atom. The zero-order chi connectivity index (χ0) is 13.4. The minimum atomic E-state index is 0.116. The second-order valence-corrected chi connectivity index (χ2v) is 4.69. The van der Waals surface area contributed by atoms with Gasteiger partial charge in [0.25, 0.3) is 0 Å². The van der Waals surface area contributed by atoms with Crippen molar-refractivity contribution in [2.45, 2.75) is 39.5 Å². The van der Waals surface area contributed by atoms with E-state index in [2.05, 4.69) is 19.2 Å². The number of aryl methyl sites for hydroxylation is 1. The van der Waals surface area contributed by atoms with Crippen LogP contribution in [-0.4, -0.2) is 12.5 Å². The summed E-state index contributed by atoms with van der Waals surface area (Å²) >= 11 is 0. The largest absolute Gasteiger partial charge is 0.399 e. The molecule has 0 bridgehead atoms. The van der Waals surface area contributed by atoms with Crippen LogP contribution in [0.2, 0.25) is 0 Å². The summed E-state index contributed by atoms with van der Waals surface area (Å²) < 4.78 is 0. The molecule has 0 saturated heterocycles. The molecule has 1 aromatic carbocycles. The van der Waals surface area contributed by atoms with Crippen LogP contribution in [0.25, 0.3) is 0 Å². The lowest BCUT2D eigenvalue weighted by Crippen LogP contribution is -2.29. The first-order valence-electron chi connectivity index (χ1n) is 6.77. The molecule has 0 heterocycles. The van der Waals surface area contributed by atoms with Crippen LogP contribution in [0.15, 0.2) is 24.3 Å². The van der Waals surface area contributed by atoms with Gasteiger partial charge in [-0.05, 0) is 24.0 Å². The number of carbonyl (C=O) groups is 1. The molecule has 0 spiro atoms. The highest BCUT2D eigenvalue weighted by atomic mass is 16.1. The van der Waals surface area contributed by atoms with E-state index in [1.165, 1.54) is 0 Å². The van der Waals surface area contributed by atoms with Crippen molar-refractivity contribution in [3.8, 4) is 0 Å². The Morgan fingerprint density at radius 3 is 2.56 bits per heavy atom. The number of hydrogen-bond donors (Lipinski definition) is 2. The van der Waals surface area contributed by atoms with Crippen LogP contribution < -0.4 is 11.1 Å². The van der Waals surface area contributed by atoms with Crippen molar-refractivity contribution in [1.29, 1.82) is 0 Å². The van der Waals surface area contributed by atoms with Gasteiger partial charge >= 0.3 is 0 Å². The van der Waals surface area contributed by atoms with Gasteiger partial charge in [-0.3, -0.25) is 4.79 Å². The predicted molar refractivity (Wildman–Crippen MR) is 76.3 cm³/mol. The van der Waals surface area contributed by atoms with Crippen molar-refractivity contribution in [3.05, 3.63) is 29.8 Å². The molecule has 0 radical (unpaired) electrons. The molecule has 3 heteroatoms. The highest BCUT2D eigenvalue weighted by molar-refractivity contribution is 5.76. The van der Waals surface area contributed by atoms with Gasteiger partial charge in [0.2, 0.25) is 5.91 Å². The molecule has 18 heavy (non-hydrogen) atoms. The first-order chi connectivity index (χ1) is 8.67. The number of para-hydroxylation sites is 1. The standard InChI is InChI=1S/C15H24N2O/c1-3-12(4-2)11-17-15(18)10-9-13-7-5-6-8-14(13)16/h5-8,12H,3-4,9-11,16H2,1-2H3,(H,17,18). The van der Waals surface area contributed by atoms with Gasteiger partial charge in [0.05, 0.1) is 0 Å². The third-order valence-corrected chi connectivity index (χ3v) is 3.42. The maximum absolute atomic E-state index is 11.7.